The minimum absolute atomic E-state index is 0.0830. The highest BCUT2D eigenvalue weighted by atomic mass is 16.6. The normalized spacial score (nSPS) is 12.5. The van der Waals surface area contributed by atoms with Crippen LogP contribution in [0.15, 0.2) is 60.8 Å². The molecule has 0 fully saturated rings. The van der Waals surface area contributed by atoms with Crippen LogP contribution in [-0.4, -0.2) is 37.2 Å². The zero-order valence-electron chi connectivity index (χ0n) is 40.9. The quantitative estimate of drug-likeness (QED) is 0.0199. The number of allylic oxidation sites excluding steroid dienone is 10. The van der Waals surface area contributed by atoms with Crippen LogP contribution < -0.4 is 0 Å². The number of carbonyl (C=O) groups excluding carboxylic acids is 3. The summed E-state index contributed by atoms with van der Waals surface area (Å²) < 4.78 is 16.8. The SMILES string of the molecule is CCCCC/C=C\C/C=C\CCCCCCCCCC(=O)OC(COC(=O)CCCCCCC\C=C/C=C\C=C/CCCCCCC)COC(=O)CCCCCCCCCCC. The molecule has 0 amide bonds. The highest BCUT2D eigenvalue weighted by molar-refractivity contribution is 5.71. The Morgan fingerprint density at radius 1 is 0.339 bits per heavy atom. The van der Waals surface area contributed by atoms with E-state index in [1.165, 1.54) is 128 Å². The fourth-order valence-electron chi connectivity index (χ4n) is 7.30. The van der Waals surface area contributed by atoms with Crippen LogP contribution in [0.5, 0.6) is 0 Å². The van der Waals surface area contributed by atoms with E-state index in [0.29, 0.717) is 19.3 Å². The van der Waals surface area contributed by atoms with Crippen molar-refractivity contribution in [2.45, 2.75) is 264 Å². The molecular weight excluding hydrogens is 769 g/mol. The van der Waals surface area contributed by atoms with Gasteiger partial charge in [-0.3, -0.25) is 14.4 Å². The molecule has 0 aromatic carbocycles. The molecule has 0 spiro atoms. The summed E-state index contributed by atoms with van der Waals surface area (Å²) in [5.74, 6) is -0.909. The van der Waals surface area contributed by atoms with Gasteiger partial charge in [-0.1, -0.05) is 223 Å². The van der Waals surface area contributed by atoms with Crippen LogP contribution in [0.4, 0.5) is 0 Å². The number of hydrogen-bond donors (Lipinski definition) is 0. The Hall–Kier alpha value is -2.89. The third-order valence-corrected chi connectivity index (χ3v) is 11.3. The Labute approximate surface area is 383 Å². The summed E-state index contributed by atoms with van der Waals surface area (Å²) in [7, 11) is 0. The van der Waals surface area contributed by atoms with Crippen molar-refractivity contribution >= 4 is 17.9 Å². The Morgan fingerprint density at radius 3 is 1.05 bits per heavy atom. The molecule has 0 aromatic heterocycles. The van der Waals surface area contributed by atoms with Crippen LogP contribution in [0.2, 0.25) is 0 Å². The number of esters is 3. The third kappa shape index (κ3) is 48.1. The van der Waals surface area contributed by atoms with Gasteiger partial charge in [-0.25, -0.2) is 0 Å². The number of carbonyl (C=O) groups is 3. The van der Waals surface area contributed by atoms with Crippen molar-refractivity contribution in [2.75, 3.05) is 13.2 Å². The van der Waals surface area contributed by atoms with Gasteiger partial charge in [0.25, 0.3) is 0 Å². The Kier molecular flexibility index (Phi) is 48.4. The Morgan fingerprint density at radius 2 is 0.645 bits per heavy atom. The van der Waals surface area contributed by atoms with E-state index >= 15 is 0 Å². The first-order chi connectivity index (χ1) is 30.5. The van der Waals surface area contributed by atoms with Gasteiger partial charge in [0, 0.05) is 19.3 Å². The molecule has 0 radical (unpaired) electrons. The Balaban J connectivity index is 4.37. The highest BCUT2D eigenvalue weighted by Gasteiger charge is 2.19. The van der Waals surface area contributed by atoms with Crippen LogP contribution >= 0.6 is 0 Å². The molecule has 1 atom stereocenters. The van der Waals surface area contributed by atoms with E-state index < -0.39 is 6.10 Å². The molecule has 0 saturated heterocycles. The lowest BCUT2D eigenvalue weighted by Gasteiger charge is -2.18. The van der Waals surface area contributed by atoms with Gasteiger partial charge in [0.05, 0.1) is 0 Å². The summed E-state index contributed by atoms with van der Waals surface area (Å²) >= 11 is 0. The monoisotopic (exact) mass is 867 g/mol. The standard InChI is InChI=1S/C56H98O6/c1-4-7-10-13-16-19-21-23-25-27-29-30-32-34-37-40-43-46-49-55(58)61-52-53(51-60-54(57)48-45-42-39-36-18-15-12-9-6-3)62-56(59)50-47-44-41-38-35-33-31-28-26-24-22-20-17-14-11-8-5-2/h17,20-21,23-27,29-30,53H,4-16,18-19,22,28,31-52H2,1-3H3/b20-17-,23-21-,26-24-,27-25-,30-29-. The zero-order chi connectivity index (χ0) is 45.1. The summed E-state index contributed by atoms with van der Waals surface area (Å²) in [6, 6.07) is 0. The van der Waals surface area contributed by atoms with E-state index in [0.717, 1.165) is 89.9 Å². The molecule has 1 unspecified atom stereocenters. The van der Waals surface area contributed by atoms with E-state index in [4.69, 9.17) is 14.2 Å². The molecule has 0 aliphatic carbocycles. The van der Waals surface area contributed by atoms with Gasteiger partial charge in [0.15, 0.2) is 6.10 Å². The van der Waals surface area contributed by atoms with Crippen LogP contribution in [0, 0.1) is 0 Å². The molecular formula is C56H98O6. The second-order valence-electron chi connectivity index (χ2n) is 17.5. The molecule has 0 bridgehead atoms. The molecule has 62 heavy (non-hydrogen) atoms. The van der Waals surface area contributed by atoms with E-state index in [-0.39, 0.29) is 31.1 Å². The van der Waals surface area contributed by atoms with E-state index in [9.17, 15) is 14.4 Å². The number of ether oxygens (including phenoxy) is 3. The minimum atomic E-state index is -0.784. The van der Waals surface area contributed by atoms with Gasteiger partial charge in [-0.05, 0) is 77.0 Å². The summed E-state index contributed by atoms with van der Waals surface area (Å²) in [5.41, 5.74) is 0. The van der Waals surface area contributed by atoms with Gasteiger partial charge in [0.2, 0.25) is 0 Å². The lowest BCUT2D eigenvalue weighted by molar-refractivity contribution is -0.167. The van der Waals surface area contributed by atoms with Gasteiger partial charge in [0.1, 0.15) is 13.2 Å². The molecule has 0 rings (SSSR count). The van der Waals surface area contributed by atoms with Gasteiger partial charge < -0.3 is 14.2 Å². The van der Waals surface area contributed by atoms with Crippen LogP contribution in [0.3, 0.4) is 0 Å². The second kappa shape index (κ2) is 50.8. The fraction of sp³-hybridized carbons (Fsp3) is 0.768. The third-order valence-electron chi connectivity index (χ3n) is 11.3. The van der Waals surface area contributed by atoms with Gasteiger partial charge in [-0.2, -0.15) is 0 Å². The average molecular weight is 867 g/mol. The highest BCUT2D eigenvalue weighted by Crippen LogP contribution is 2.14. The first-order valence-electron chi connectivity index (χ1n) is 26.3. The molecule has 0 aromatic rings. The molecule has 0 aliphatic rings. The molecule has 0 saturated carbocycles. The average Bonchev–Trinajstić information content (AvgIpc) is 3.27. The lowest BCUT2D eigenvalue weighted by Crippen LogP contribution is -2.30. The molecule has 6 nitrogen and oxygen atoms in total. The smallest absolute Gasteiger partial charge is 0.306 e. The van der Waals surface area contributed by atoms with Crippen LogP contribution in [0.1, 0.15) is 258 Å². The number of hydrogen-bond acceptors (Lipinski definition) is 6. The van der Waals surface area contributed by atoms with Gasteiger partial charge in [-0.15, -0.1) is 0 Å². The Bertz CT molecular complexity index is 1130. The fourth-order valence-corrected chi connectivity index (χ4v) is 7.30. The first-order valence-corrected chi connectivity index (χ1v) is 26.3. The van der Waals surface area contributed by atoms with Crippen molar-refractivity contribution in [3.05, 3.63) is 60.8 Å². The summed E-state index contributed by atoms with van der Waals surface area (Å²) in [4.78, 5) is 37.9. The number of rotatable bonds is 47. The summed E-state index contributed by atoms with van der Waals surface area (Å²) in [6.45, 7) is 6.56. The van der Waals surface area contributed by atoms with Crippen molar-refractivity contribution in [3.8, 4) is 0 Å². The molecule has 0 N–H and O–H groups in total. The largest absolute Gasteiger partial charge is 0.462 e. The van der Waals surface area contributed by atoms with E-state index in [2.05, 4.69) is 81.5 Å². The summed E-state index contributed by atoms with van der Waals surface area (Å²) in [5, 5.41) is 0. The maximum absolute atomic E-state index is 12.8. The predicted octanol–water partition coefficient (Wildman–Crippen LogP) is 17.3. The summed E-state index contributed by atoms with van der Waals surface area (Å²) in [6.07, 6.45) is 62.0. The van der Waals surface area contributed by atoms with Crippen molar-refractivity contribution in [2.24, 2.45) is 0 Å². The zero-order valence-corrected chi connectivity index (χ0v) is 40.9. The first kappa shape index (κ1) is 59.1. The van der Waals surface area contributed by atoms with Crippen LogP contribution in [-0.2, 0) is 28.6 Å². The molecule has 0 aliphatic heterocycles. The molecule has 358 valence electrons. The minimum Gasteiger partial charge on any atom is -0.462 e. The van der Waals surface area contributed by atoms with Gasteiger partial charge >= 0.3 is 17.9 Å². The van der Waals surface area contributed by atoms with Crippen LogP contribution in [0.25, 0.3) is 0 Å². The molecule has 6 heteroatoms. The van der Waals surface area contributed by atoms with Crippen molar-refractivity contribution in [1.29, 1.82) is 0 Å². The van der Waals surface area contributed by atoms with Crippen molar-refractivity contribution in [3.63, 3.8) is 0 Å². The predicted molar refractivity (Wildman–Crippen MR) is 265 cm³/mol. The maximum atomic E-state index is 12.8. The number of unbranched alkanes of at least 4 members (excludes halogenated alkanes) is 28. The van der Waals surface area contributed by atoms with E-state index in [1.807, 2.05) is 0 Å². The topological polar surface area (TPSA) is 78.9 Å². The molecule has 0 heterocycles. The second-order valence-corrected chi connectivity index (χ2v) is 17.5. The van der Waals surface area contributed by atoms with E-state index in [1.54, 1.807) is 0 Å². The van der Waals surface area contributed by atoms with Crippen molar-refractivity contribution < 1.29 is 28.6 Å². The van der Waals surface area contributed by atoms with Crippen molar-refractivity contribution in [1.82, 2.24) is 0 Å². The maximum Gasteiger partial charge on any atom is 0.306 e. The lowest BCUT2D eigenvalue weighted by atomic mass is 10.1.